The second kappa shape index (κ2) is 7.43. The third-order valence-electron chi connectivity index (χ3n) is 6.19. The van der Waals surface area contributed by atoms with Gasteiger partial charge in [0.2, 0.25) is 0 Å². The highest BCUT2D eigenvalue weighted by Gasteiger charge is 2.44. The van der Waals surface area contributed by atoms with Crippen LogP contribution in [0.3, 0.4) is 0 Å². The topological polar surface area (TPSA) is 41.4 Å². The Morgan fingerprint density at radius 1 is 1.07 bits per heavy atom. The van der Waals surface area contributed by atoms with Crippen LogP contribution in [0.25, 0.3) is 0 Å². The largest absolute Gasteiger partial charge is 0.337 e. The second-order valence-electron chi connectivity index (χ2n) is 8.09. The number of benzene rings is 1. The van der Waals surface area contributed by atoms with Crippen molar-refractivity contribution >= 4 is 17.2 Å². The van der Waals surface area contributed by atoms with Crippen molar-refractivity contribution in [3.63, 3.8) is 0 Å². The summed E-state index contributed by atoms with van der Waals surface area (Å²) in [5, 5.41) is 3.13. The number of carbonyl (C=O) groups is 1. The third kappa shape index (κ3) is 3.40. The zero-order valence-corrected chi connectivity index (χ0v) is 17.7. The summed E-state index contributed by atoms with van der Waals surface area (Å²) < 4.78 is 2.19. The van der Waals surface area contributed by atoms with Crippen LogP contribution < -0.4 is 0 Å². The number of rotatable bonds is 5. The Hall–Kier alpha value is -2.44. The second-order valence-corrected chi connectivity index (χ2v) is 9.15. The smallest absolute Gasteiger partial charge is 0.271 e. The van der Waals surface area contributed by atoms with Gasteiger partial charge in [-0.15, -0.1) is 11.3 Å². The van der Waals surface area contributed by atoms with E-state index in [1.165, 1.54) is 11.1 Å². The first-order valence-corrected chi connectivity index (χ1v) is 11.2. The molecule has 6 heteroatoms. The van der Waals surface area contributed by atoms with Gasteiger partial charge in [-0.1, -0.05) is 31.2 Å². The summed E-state index contributed by atoms with van der Waals surface area (Å²) in [6.07, 6.45) is 3.13. The molecule has 0 spiro atoms. The molecule has 0 N–H and O–H groups in total. The van der Waals surface area contributed by atoms with Gasteiger partial charge in [-0.05, 0) is 36.6 Å². The van der Waals surface area contributed by atoms with Crippen LogP contribution in [0.5, 0.6) is 0 Å². The fourth-order valence-corrected chi connectivity index (χ4v) is 5.30. The summed E-state index contributed by atoms with van der Waals surface area (Å²) in [7, 11) is 0. The summed E-state index contributed by atoms with van der Waals surface area (Å²) in [4.78, 5) is 22.4. The van der Waals surface area contributed by atoms with Gasteiger partial charge in [0.05, 0.1) is 29.3 Å². The normalized spacial score (nSPS) is 21.4. The van der Waals surface area contributed by atoms with Gasteiger partial charge in [0.15, 0.2) is 0 Å². The average Bonchev–Trinajstić information content (AvgIpc) is 3.45. The van der Waals surface area contributed by atoms with Crippen LogP contribution in [-0.2, 0) is 19.5 Å². The summed E-state index contributed by atoms with van der Waals surface area (Å²) in [5.74, 6) is 0.121. The molecule has 1 aromatic carbocycles. The summed E-state index contributed by atoms with van der Waals surface area (Å²) in [6.45, 7) is 7.57. The van der Waals surface area contributed by atoms with Gasteiger partial charge in [0.25, 0.3) is 5.91 Å². The molecule has 150 valence electrons. The maximum absolute atomic E-state index is 13.2. The molecule has 29 heavy (non-hydrogen) atoms. The number of thiazole rings is 1. The SMILES string of the molecule is CCc1ccc(CN2C[C@H]3[C@H](C2)n2cccc2C(=O)N3Cc2csc(C)n2)cc1. The fraction of sp³-hybridized carbons (Fsp3) is 0.391. The Morgan fingerprint density at radius 2 is 1.83 bits per heavy atom. The predicted molar refractivity (Wildman–Crippen MR) is 115 cm³/mol. The van der Waals surface area contributed by atoms with E-state index < -0.39 is 0 Å². The maximum atomic E-state index is 13.2. The number of hydrogen-bond donors (Lipinski definition) is 0. The van der Waals surface area contributed by atoms with E-state index in [-0.39, 0.29) is 11.9 Å². The number of carbonyl (C=O) groups excluding carboxylic acids is 1. The number of aryl methyl sites for hydroxylation is 2. The van der Waals surface area contributed by atoms with E-state index in [4.69, 9.17) is 0 Å². The number of aromatic nitrogens is 2. The van der Waals surface area contributed by atoms with Crippen molar-refractivity contribution in [1.29, 1.82) is 0 Å². The fourth-order valence-electron chi connectivity index (χ4n) is 4.70. The van der Waals surface area contributed by atoms with Crippen molar-refractivity contribution in [2.24, 2.45) is 0 Å². The molecule has 0 radical (unpaired) electrons. The molecule has 5 nitrogen and oxygen atoms in total. The molecule has 5 rings (SSSR count). The number of likely N-dealkylation sites (tertiary alicyclic amines) is 1. The zero-order valence-electron chi connectivity index (χ0n) is 16.9. The number of nitrogens with zero attached hydrogens (tertiary/aromatic N) is 4. The van der Waals surface area contributed by atoms with Crippen molar-refractivity contribution < 1.29 is 4.79 Å². The van der Waals surface area contributed by atoms with E-state index in [1.807, 2.05) is 19.1 Å². The Labute approximate surface area is 175 Å². The van der Waals surface area contributed by atoms with E-state index in [0.29, 0.717) is 12.6 Å². The lowest BCUT2D eigenvalue weighted by Gasteiger charge is -2.38. The molecule has 0 aliphatic carbocycles. The molecule has 1 saturated heterocycles. The van der Waals surface area contributed by atoms with Gasteiger partial charge < -0.3 is 9.47 Å². The average molecular weight is 407 g/mol. The number of hydrogen-bond acceptors (Lipinski definition) is 4. The minimum atomic E-state index is 0.121. The van der Waals surface area contributed by atoms with E-state index in [2.05, 4.69) is 62.1 Å². The highest BCUT2D eigenvalue weighted by atomic mass is 32.1. The Balaban J connectivity index is 1.39. The molecule has 3 aromatic rings. The van der Waals surface area contributed by atoms with Gasteiger partial charge >= 0.3 is 0 Å². The molecule has 4 heterocycles. The van der Waals surface area contributed by atoms with E-state index in [9.17, 15) is 4.79 Å². The monoisotopic (exact) mass is 406 g/mol. The Kier molecular flexibility index (Phi) is 4.76. The Morgan fingerprint density at radius 3 is 2.55 bits per heavy atom. The van der Waals surface area contributed by atoms with Crippen LogP contribution in [0.2, 0.25) is 0 Å². The van der Waals surface area contributed by atoms with Crippen LogP contribution in [0.15, 0.2) is 48.0 Å². The Bertz CT molecular complexity index is 1020. The molecule has 2 aromatic heterocycles. The van der Waals surface area contributed by atoms with Crippen molar-refractivity contribution in [2.45, 2.75) is 45.4 Å². The van der Waals surface area contributed by atoms with Crippen LogP contribution in [-0.4, -0.2) is 44.4 Å². The molecule has 0 bridgehead atoms. The molecular weight excluding hydrogens is 380 g/mol. The first-order chi connectivity index (χ1) is 14.1. The first kappa shape index (κ1) is 18.6. The molecule has 0 saturated carbocycles. The molecule has 2 aliphatic heterocycles. The van der Waals surface area contributed by atoms with Gasteiger partial charge in [-0.25, -0.2) is 4.98 Å². The number of fused-ring (bicyclic) bond motifs is 3. The maximum Gasteiger partial charge on any atom is 0.271 e. The molecule has 1 fully saturated rings. The minimum Gasteiger partial charge on any atom is -0.337 e. The third-order valence-corrected chi connectivity index (χ3v) is 7.01. The predicted octanol–water partition coefficient (Wildman–Crippen LogP) is 3.90. The lowest BCUT2D eigenvalue weighted by Crippen LogP contribution is -2.49. The lowest BCUT2D eigenvalue weighted by molar-refractivity contribution is 0.0553. The lowest BCUT2D eigenvalue weighted by atomic mass is 10.1. The summed E-state index contributed by atoms with van der Waals surface area (Å²) in [5.41, 5.74) is 4.50. The van der Waals surface area contributed by atoms with Gasteiger partial charge in [-0.2, -0.15) is 0 Å². The van der Waals surface area contributed by atoms with Gasteiger partial charge in [0.1, 0.15) is 5.69 Å². The van der Waals surface area contributed by atoms with Crippen LogP contribution in [0.4, 0.5) is 0 Å². The summed E-state index contributed by atoms with van der Waals surface area (Å²) >= 11 is 1.65. The summed E-state index contributed by atoms with van der Waals surface area (Å²) in [6, 6.07) is 13.3. The quantitative estimate of drug-likeness (QED) is 0.645. The zero-order chi connectivity index (χ0) is 20.0. The van der Waals surface area contributed by atoms with Crippen molar-refractivity contribution in [1.82, 2.24) is 19.4 Å². The van der Waals surface area contributed by atoms with Crippen molar-refractivity contribution in [3.8, 4) is 0 Å². The van der Waals surface area contributed by atoms with E-state index >= 15 is 0 Å². The highest BCUT2D eigenvalue weighted by molar-refractivity contribution is 7.09. The van der Waals surface area contributed by atoms with Gasteiger partial charge in [0, 0.05) is 31.2 Å². The molecule has 2 aliphatic rings. The molecule has 1 amide bonds. The van der Waals surface area contributed by atoms with Crippen LogP contribution in [0, 0.1) is 6.92 Å². The number of amides is 1. The molecule has 0 unspecified atom stereocenters. The van der Waals surface area contributed by atoms with Crippen molar-refractivity contribution in [2.75, 3.05) is 13.1 Å². The molecular formula is C23H26N4OS. The minimum absolute atomic E-state index is 0.121. The van der Waals surface area contributed by atoms with Crippen molar-refractivity contribution in [3.05, 3.63) is 75.5 Å². The first-order valence-electron chi connectivity index (χ1n) is 10.3. The van der Waals surface area contributed by atoms with Gasteiger partial charge in [-0.3, -0.25) is 9.69 Å². The van der Waals surface area contributed by atoms with Crippen LogP contribution in [0.1, 0.15) is 45.3 Å². The standard InChI is InChI=1S/C23H26N4OS/c1-3-17-6-8-18(9-7-17)11-25-13-21-22(14-25)27(12-19-15-29-16(2)24-19)23(28)20-5-4-10-26(20)21/h4-10,15,21-22H,3,11-14H2,1-2H3/t21-,22-/m0/s1. The van der Waals surface area contributed by atoms with Crippen LogP contribution >= 0.6 is 11.3 Å². The molecule has 2 atom stereocenters. The highest BCUT2D eigenvalue weighted by Crippen LogP contribution is 2.35. The van der Waals surface area contributed by atoms with E-state index in [0.717, 1.165) is 42.5 Å². The van der Waals surface area contributed by atoms with E-state index in [1.54, 1.807) is 11.3 Å².